The number of aliphatic hydroxyl groups is 6. The van der Waals surface area contributed by atoms with Crippen LogP contribution in [0.1, 0.15) is 92.4 Å². The fourth-order valence-electron chi connectivity index (χ4n) is 12.6. The third-order valence-corrected chi connectivity index (χ3v) is 15.6. The predicted octanol–water partition coefficient (Wildman–Crippen LogP) is 2.39. The van der Waals surface area contributed by atoms with Gasteiger partial charge in [-0.3, -0.25) is 0 Å². The summed E-state index contributed by atoms with van der Waals surface area (Å²) >= 11 is 0. The fourth-order valence-corrected chi connectivity index (χ4v) is 12.6. The van der Waals surface area contributed by atoms with Crippen molar-refractivity contribution in [1.82, 2.24) is 0 Å². The van der Waals surface area contributed by atoms with Gasteiger partial charge in [0.1, 0.15) is 42.7 Å². The lowest BCUT2D eigenvalue weighted by Crippen LogP contribution is -2.64. The van der Waals surface area contributed by atoms with Crippen LogP contribution in [0.15, 0.2) is 11.6 Å². The molecule has 8 aliphatic rings. The number of ether oxygens (including phenoxy) is 6. The van der Waals surface area contributed by atoms with E-state index < -0.39 is 73.8 Å². The first-order chi connectivity index (χ1) is 24.2. The molecule has 0 amide bonds. The largest absolute Gasteiger partial charge is 0.394 e. The van der Waals surface area contributed by atoms with Gasteiger partial charge < -0.3 is 59.1 Å². The SMILES string of the molecule is C[C@@H]1CC[C@@]2(OC1)O[C@H]1C[C@H]3[C@@H]4CC=C5CC(O[C@@H]6O[C@H](CO)[C@@H](O[C@@H]7O[C@@H](C)[C@H](O)[C@@H](O)[C@H]7O)[C@H](O)[C@H]6O)CC[C@]5(C)[C@H]4CC[C@]3(C)[C@H]1[C@@H]2C. The van der Waals surface area contributed by atoms with Crippen LogP contribution in [0.5, 0.6) is 0 Å². The first kappa shape index (κ1) is 37.2. The molecule has 290 valence electrons. The maximum absolute atomic E-state index is 11.1. The molecule has 12 heteroatoms. The van der Waals surface area contributed by atoms with Gasteiger partial charge in [-0.15, -0.1) is 0 Å². The van der Waals surface area contributed by atoms with E-state index in [1.807, 2.05) is 0 Å². The van der Waals surface area contributed by atoms with Crippen molar-refractivity contribution in [1.29, 1.82) is 0 Å². The number of allylic oxidation sites excluding steroid dienone is 1. The molecule has 0 bridgehead atoms. The molecule has 4 saturated heterocycles. The standard InChI is InChI=1S/C39H62O12/c1-18-8-13-39(46-17-18)19(2)28-26(51-39)15-25-23-7-6-21-14-22(9-11-37(21,4)24(23)10-12-38(25,28)5)48-36-33(45)31(43)34(27(16-40)49-36)50-35-32(44)30(42)29(41)20(3)47-35/h6,18-20,22-36,40-45H,7-17H2,1-5H3/t18-,19+,20+,22?,23-,24+,25+,26+,27-,28+,29+,30-,31-,32-,33-,34-,35+,36-,37+,38+,39-/m1/s1. The van der Waals surface area contributed by atoms with E-state index in [1.54, 1.807) is 0 Å². The van der Waals surface area contributed by atoms with E-state index in [0.717, 1.165) is 45.1 Å². The van der Waals surface area contributed by atoms with Crippen molar-refractivity contribution in [3.05, 3.63) is 11.6 Å². The molecule has 4 aliphatic heterocycles. The van der Waals surface area contributed by atoms with Gasteiger partial charge in [0.05, 0.1) is 31.5 Å². The predicted molar refractivity (Wildman–Crippen MR) is 182 cm³/mol. The Balaban J connectivity index is 0.915. The van der Waals surface area contributed by atoms with Crippen LogP contribution in [-0.2, 0) is 28.4 Å². The molecule has 0 aromatic rings. The van der Waals surface area contributed by atoms with Gasteiger partial charge >= 0.3 is 0 Å². The Kier molecular flexibility index (Phi) is 9.83. The van der Waals surface area contributed by atoms with Gasteiger partial charge in [-0.2, -0.15) is 0 Å². The molecule has 8 rings (SSSR count). The molecule has 0 aromatic carbocycles. The first-order valence-electron chi connectivity index (χ1n) is 19.8. The van der Waals surface area contributed by atoms with Crippen molar-refractivity contribution in [3.8, 4) is 0 Å². The fraction of sp³-hybridized carbons (Fsp3) is 0.949. The third kappa shape index (κ3) is 5.84. The molecule has 4 aliphatic carbocycles. The molecular weight excluding hydrogens is 660 g/mol. The zero-order chi connectivity index (χ0) is 36.2. The summed E-state index contributed by atoms with van der Waals surface area (Å²) in [4.78, 5) is 0. The Morgan fingerprint density at radius 1 is 0.824 bits per heavy atom. The Hall–Kier alpha value is -0.740. The second kappa shape index (κ2) is 13.5. The van der Waals surface area contributed by atoms with E-state index >= 15 is 0 Å². The van der Waals surface area contributed by atoms with Crippen LogP contribution in [0, 0.1) is 46.3 Å². The molecule has 4 heterocycles. The summed E-state index contributed by atoms with van der Waals surface area (Å²) < 4.78 is 37.1. The van der Waals surface area contributed by atoms with Crippen molar-refractivity contribution in [3.63, 3.8) is 0 Å². The van der Waals surface area contributed by atoms with Crippen LogP contribution >= 0.6 is 0 Å². The minimum absolute atomic E-state index is 0.0757. The lowest BCUT2D eigenvalue weighted by molar-refractivity contribution is -0.360. The van der Waals surface area contributed by atoms with Gasteiger partial charge in [0.25, 0.3) is 0 Å². The van der Waals surface area contributed by atoms with Gasteiger partial charge in [-0.25, -0.2) is 0 Å². The van der Waals surface area contributed by atoms with Crippen LogP contribution in [0.4, 0.5) is 0 Å². The zero-order valence-corrected chi connectivity index (χ0v) is 30.9. The highest BCUT2D eigenvalue weighted by Gasteiger charge is 2.68. The van der Waals surface area contributed by atoms with Crippen molar-refractivity contribution < 1.29 is 59.1 Å². The van der Waals surface area contributed by atoms with E-state index in [2.05, 4.69) is 33.8 Å². The minimum Gasteiger partial charge on any atom is -0.394 e. The highest BCUT2D eigenvalue weighted by molar-refractivity contribution is 5.26. The van der Waals surface area contributed by atoms with Crippen LogP contribution in [0.2, 0.25) is 0 Å². The topological polar surface area (TPSA) is 177 Å². The Bertz CT molecular complexity index is 1300. The summed E-state index contributed by atoms with van der Waals surface area (Å²) in [5, 5.41) is 63.1. The summed E-state index contributed by atoms with van der Waals surface area (Å²) in [5.74, 6) is 2.99. The smallest absolute Gasteiger partial charge is 0.187 e. The van der Waals surface area contributed by atoms with Crippen molar-refractivity contribution in [2.75, 3.05) is 13.2 Å². The van der Waals surface area contributed by atoms with Crippen molar-refractivity contribution in [2.45, 2.75) is 172 Å². The Morgan fingerprint density at radius 2 is 1.57 bits per heavy atom. The molecule has 1 spiro atoms. The molecule has 51 heavy (non-hydrogen) atoms. The lowest BCUT2D eigenvalue weighted by Gasteiger charge is -2.58. The van der Waals surface area contributed by atoms with Crippen LogP contribution in [-0.4, -0.2) is 123 Å². The quantitative estimate of drug-likeness (QED) is 0.229. The third-order valence-electron chi connectivity index (χ3n) is 15.6. The number of hydrogen-bond acceptors (Lipinski definition) is 12. The van der Waals surface area contributed by atoms with Gasteiger partial charge in [0.15, 0.2) is 18.4 Å². The summed E-state index contributed by atoms with van der Waals surface area (Å²) in [5.41, 5.74) is 1.75. The number of rotatable bonds is 5. The van der Waals surface area contributed by atoms with E-state index in [-0.39, 0.29) is 23.0 Å². The number of fused-ring (bicyclic) bond motifs is 7. The lowest BCUT2D eigenvalue weighted by atomic mass is 9.47. The molecule has 3 saturated carbocycles. The van der Waals surface area contributed by atoms with E-state index in [4.69, 9.17) is 28.4 Å². The number of aliphatic hydroxyl groups excluding tert-OH is 6. The molecule has 0 aromatic heterocycles. The zero-order valence-electron chi connectivity index (χ0n) is 30.9. The molecule has 7 fully saturated rings. The monoisotopic (exact) mass is 722 g/mol. The van der Waals surface area contributed by atoms with Crippen molar-refractivity contribution >= 4 is 0 Å². The molecule has 0 radical (unpaired) electrons. The van der Waals surface area contributed by atoms with E-state index in [9.17, 15) is 30.6 Å². The molecular formula is C39H62O12. The normalized spacial score (nSPS) is 58.4. The molecule has 6 N–H and O–H groups in total. The summed E-state index contributed by atoms with van der Waals surface area (Å²) in [6.45, 7) is 11.5. The van der Waals surface area contributed by atoms with Crippen molar-refractivity contribution in [2.24, 2.45) is 46.3 Å². The van der Waals surface area contributed by atoms with Crippen LogP contribution in [0.25, 0.3) is 0 Å². The number of hydrogen-bond donors (Lipinski definition) is 6. The molecule has 1 unspecified atom stereocenters. The minimum atomic E-state index is -1.61. The average molecular weight is 723 g/mol. The summed E-state index contributed by atoms with van der Waals surface area (Å²) in [6.07, 6.45) is -1.53. The maximum Gasteiger partial charge on any atom is 0.187 e. The van der Waals surface area contributed by atoms with E-state index in [1.165, 1.54) is 31.8 Å². The second-order valence-corrected chi connectivity index (χ2v) is 18.3. The molecule has 21 atom stereocenters. The highest BCUT2D eigenvalue weighted by Crippen LogP contribution is 2.70. The van der Waals surface area contributed by atoms with E-state index in [0.29, 0.717) is 35.5 Å². The van der Waals surface area contributed by atoms with Gasteiger partial charge in [0.2, 0.25) is 0 Å². The highest BCUT2D eigenvalue weighted by atomic mass is 16.7. The Labute approximate surface area is 301 Å². The van der Waals surface area contributed by atoms with Crippen LogP contribution < -0.4 is 0 Å². The Morgan fingerprint density at radius 3 is 2.29 bits per heavy atom. The van der Waals surface area contributed by atoms with Gasteiger partial charge in [-0.1, -0.05) is 39.3 Å². The van der Waals surface area contributed by atoms with Crippen LogP contribution in [0.3, 0.4) is 0 Å². The molecule has 12 nitrogen and oxygen atoms in total. The first-order valence-corrected chi connectivity index (χ1v) is 19.8. The van der Waals surface area contributed by atoms with Gasteiger partial charge in [-0.05, 0) is 98.7 Å². The average Bonchev–Trinajstić information content (AvgIpc) is 3.56. The maximum atomic E-state index is 11.1. The van der Waals surface area contributed by atoms with Gasteiger partial charge in [0, 0.05) is 12.3 Å². The second-order valence-electron chi connectivity index (χ2n) is 18.3. The summed E-state index contributed by atoms with van der Waals surface area (Å²) in [7, 11) is 0. The summed E-state index contributed by atoms with van der Waals surface area (Å²) in [6, 6.07) is 0.